The Bertz CT molecular complexity index is 336. The fourth-order valence-electron chi connectivity index (χ4n) is 0.862. The Balaban J connectivity index is 2.45. The van der Waals surface area contributed by atoms with Crippen molar-refractivity contribution in [1.82, 2.24) is 15.0 Å². The molecule has 4 heteroatoms. The van der Waals surface area contributed by atoms with Gasteiger partial charge >= 0.3 is 0 Å². The third kappa shape index (κ3) is 1.17. The smallest absolute Gasteiger partial charge is 0.166 e. The fourth-order valence-corrected chi connectivity index (χ4v) is 1.45. The Kier molecular flexibility index (Phi) is 1.47. The van der Waals surface area contributed by atoms with E-state index in [-0.39, 0.29) is 0 Å². The zero-order chi connectivity index (χ0) is 7.68. The van der Waals surface area contributed by atoms with Crippen molar-refractivity contribution in [1.29, 1.82) is 0 Å². The standard InChI is InChI=1S/C7H7N3S/c1-5-4-9-6(10-5)7-8-2-3-11-7/h2-4H,1H3,(H,9,10). The molecule has 0 fully saturated rings. The second-order valence-electron chi connectivity index (χ2n) is 2.25. The molecule has 11 heavy (non-hydrogen) atoms. The number of rotatable bonds is 1. The zero-order valence-corrected chi connectivity index (χ0v) is 6.85. The molecule has 0 aromatic carbocycles. The highest BCUT2D eigenvalue weighted by atomic mass is 32.1. The highest BCUT2D eigenvalue weighted by Crippen LogP contribution is 2.17. The van der Waals surface area contributed by atoms with Crippen molar-refractivity contribution < 1.29 is 0 Å². The van der Waals surface area contributed by atoms with Crippen molar-refractivity contribution in [2.24, 2.45) is 0 Å². The van der Waals surface area contributed by atoms with E-state index < -0.39 is 0 Å². The third-order valence-electron chi connectivity index (χ3n) is 1.34. The van der Waals surface area contributed by atoms with Crippen molar-refractivity contribution >= 4 is 11.3 Å². The van der Waals surface area contributed by atoms with E-state index in [4.69, 9.17) is 0 Å². The van der Waals surface area contributed by atoms with Gasteiger partial charge in [-0.2, -0.15) is 0 Å². The second-order valence-corrected chi connectivity index (χ2v) is 3.15. The quantitative estimate of drug-likeness (QED) is 0.700. The molecule has 0 spiro atoms. The topological polar surface area (TPSA) is 41.6 Å². The van der Waals surface area contributed by atoms with Crippen molar-refractivity contribution in [2.75, 3.05) is 0 Å². The summed E-state index contributed by atoms with van der Waals surface area (Å²) in [5, 5.41) is 2.88. The first-order chi connectivity index (χ1) is 5.36. The average molecular weight is 165 g/mol. The SMILES string of the molecule is Cc1cnc(-c2nccs2)[nH]1. The average Bonchev–Trinajstić information content (AvgIpc) is 2.55. The lowest BCUT2D eigenvalue weighted by Crippen LogP contribution is -1.76. The molecular formula is C7H7N3S. The molecule has 0 amide bonds. The number of thiazole rings is 1. The maximum atomic E-state index is 4.15. The number of nitrogens with one attached hydrogen (secondary N) is 1. The molecule has 2 heterocycles. The summed E-state index contributed by atoms with van der Waals surface area (Å²) in [4.78, 5) is 11.4. The van der Waals surface area contributed by atoms with Crippen molar-refractivity contribution in [3.8, 4) is 10.8 Å². The molecule has 0 saturated carbocycles. The van der Waals surface area contributed by atoms with Gasteiger partial charge in [-0.1, -0.05) is 0 Å². The normalized spacial score (nSPS) is 10.3. The molecule has 3 nitrogen and oxygen atoms in total. The number of hydrogen-bond acceptors (Lipinski definition) is 3. The number of aromatic amines is 1. The summed E-state index contributed by atoms with van der Waals surface area (Å²) in [6, 6.07) is 0. The van der Waals surface area contributed by atoms with Gasteiger partial charge in [-0.15, -0.1) is 11.3 Å². The summed E-state index contributed by atoms with van der Waals surface area (Å²) in [7, 11) is 0. The van der Waals surface area contributed by atoms with E-state index in [0.29, 0.717) is 0 Å². The Morgan fingerprint density at radius 3 is 2.91 bits per heavy atom. The van der Waals surface area contributed by atoms with E-state index >= 15 is 0 Å². The molecular weight excluding hydrogens is 158 g/mol. The maximum absolute atomic E-state index is 4.15. The van der Waals surface area contributed by atoms with E-state index in [1.165, 1.54) is 0 Å². The van der Waals surface area contributed by atoms with Crippen LogP contribution in [0.4, 0.5) is 0 Å². The van der Waals surface area contributed by atoms with Crippen LogP contribution < -0.4 is 0 Å². The predicted molar refractivity (Wildman–Crippen MR) is 44.4 cm³/mol. The van der Waals surface area contributed by atoms with Gasteiger partial charge in [-0.3, -0.25) is 0 Å². The van der Waals surface area contributed by atoms with Crippen LogP contribution in [0.15, 0.2) is 17.8 Å². The number of nitrogens with zero attached hydrogens (tertiary/aromatic N) is 2. The zero-order valence-electron chi connectivity index (χ0n) is 6.03. The van der Waals surface area contributed by atoms with Crippen LogP contribution >= 0.6 is 11.3 Å². The van der Waals surface area contributed by atoms with Gasteiger partial charge in [0, 0.05) is 23.5 Å². The molecule has 0 saturated heterocycles. The molecule has 0 aliphatic heterocycles. The summed E-state index contributed by atoms with van der Waals surface area (Å²) in [6.45, 7) is 1.98. The van der Waals surface area contributed by atoms with Gasteiger partial charge in [0.25, 0.3) is 0 Å². The lowest BCUT2D eigenvalue weighted by atomic mass is 10.6. The van der Waals surface area contributed by atoms with Gasteiger partial charge < -0.3 is 4.98 Å². The van der Waals surface area contributed by atoms with Crippen LogP contribution in [0.5, 0.6) is 0 Å². The minimum absolute atomic E-state index is 0.859. The Labute approximate surface area is 68.1 Å². The predicted octanol–water partition coefficient (Wildman–Crippen LogP) is 1.84. The van der Waals surface area contributed by atoms with Crippen LogP contribution in [0.1, 0.15) is 5.69 Å². The Morgan fingerprint density at radius 1 is 1.45 bits per heavy atom. The van der Waals surface area contributed by atoms with E-state index in [0.717, 1.165) is 16.5 Å². The number of hydrogen-bond donors (Lipinski definition) is 1. The number of H-pyrrole nitrogens is 1. The molecule has 0 bridgehead atoms. The minimum atomic E-state index is 0.859. The summed E-state index contributed by atoms with van der Waals surface area (Å²) in [6.07, 6.45) is 3.58. The summed E-state index contributed by atoms with van der Waals surface area (Å²) in [5.41, 5.74) is 1.07. The van der Waals surface area contributed by atoms with E-state index in [1.807, 2.05) is 12.3 Å². The molecule has 0 unspecified atom stereocenters. The van der Waals surface area contributed by atoms with E-state index in [9.17, 15) is 0 Å². The molecule has 0 atom stereocenters. The molecule has 0 aliphatic carbocycles. The number of aromatic nitrogens is 3. The molecule has 2 aromatic heterocycles. The monoisotopic (exact) mass is 165 g/mol. The van der Waals surface area contributed by atoms with Gasteiger partial charge in [-0.05, 0) is 6.92 Å². The van der Waals surface area contributed by atoms with Gasteiger partial charge in [0.05, 0.1) is 0 Å². The second kappa shape index (κ2) is 2.47. The molecule has 56 valence electrons. The van der Waals surface area contributed by atoms with E-state index in [2.05, 4.69) is 15.0 Å². The maximum Gasteiger partial charge on any atom is 0.166 e. The first-order valence-corrected chi connectivity index (χ1v) is 4.16. The number of imidazole rings is 1. The van der Waals surface area contributed by atoms with E-state index in [1.54, 1.807) is 23.7 Å². The lowest BCUT2D eigenvalue weighted by molar-refractivity contribution is 1.24. The molecule has 2 rings (SSSR count). The first-order valence-electron chi connectivity index (χ1n) is 3.28. The fraction of sp³-hybridized carbons (Fsp3) is 0.143. The summed E-state index contributed by atoms with van der Waals surface area (Å²) in [5.74, 6) is 0.859. The van der Waals surface area contributed by atoms with Gasteiger partial charge in [0.15, 0.2) is 10.8 Å². The first kappa shape index (κ1) is 6.54. The van der Waals surface area contributed by atoms with Crippen LogP contribution in [0.3, 0.4) is 0 Å². The van der Waals surface area contributed by atoms with Crippen LogP contribution in [0, 0.1) is 6.92 Å². The van der Waals surface area contributed by atoms with Gasteiger partial charge in [0.2, 0.25) is 0 Å². The summed E-state index contributed by atoms with van der Waals surface area (Å²) < 4.78 is 0. The highest BCUT2D eigenvalue weighted by Gasteiger charge is 2.01. The Morgan fingerprint density at radius 2 is 2.36 bits per heavy atom. The van der Waals surface area contributed by atoms with Gasteiger partial charge in [0.1, 0.15) is 0 Å². The third-order valence-corrected chi connectivity index (χ3v) is 2.12. The molecule has 2 aromatic rings. The highest BCUT2D eigenvalue weighted by molar-refractivity contribution is 7.12. The molecule has 0 radical (unpaired) electrons. The number of aryl methyl sites for hydroxylation is 1. The van der Waals surface area contributed by atoms with Gasteiger partial charge in [-0.25, -0.2) is 9.97 Å². The van der Waals surface area contributed by atoms with Crippen LogP contribution in [0.25, 0.3) is 10.8 Å². The minimum Gasteiger partial charge on any atom is -0.340 e. The molecule has 0 aliphatic rings. The Hall–Kier alpha value is -1.16. The molecule has 1 N–H and O–H groups in total. The van der Waals surface area contributed by atoms with Crippen LogP contribution in [0.2, 0.25) is 0 Å². The van der Waals surface area contributed by atoms with Crippen molar-refractivity contribution in [3.63, 3.8) is 0 Å². The lowest BCUT2D eigenvalue weighted by Gasteiger charge is -1.85. The van der Waals surface area contributed by atoms with Crippen molar-refractivity contribution in [2.45, 2.75) is 6.92 Å². The van der Waals surface area contributed by atoms with Crippen LogP contribution in [-0.4, -0.2) is 15.0 Å². The van der Waals surface area contributed by atoms with Crippen molar-refractivity contribution in [3.05, 3.63) is 23.5 Å². The largest absolute Gasteiger partial charge is 0.340 e. The van der Waals surface area contributed by atoms with Crippen LogP contribution in [-0.2, 0) is 0 Å². The summed E-state index contributed by atoms with van der Waals surface area (Å²) >= 11 is 1.58.